The van der Waals surface area contributed by atoms with Crippen molar-refractivity contribution in [2.75, 3.05) is 55.8 Å². The Morgan fingerprint density at radius 1 is 1.03 bits per heavy atom. The van der Waals surface area contributed by atoms with E-state index < -0.39 is 0 Å². The zero-order valence-electron chi connectivity index (χ0n) is 21.8. The number of ketones is 1. The number of likely N-dealkylation sites (N-methyl/N-ethyl adjacent to an activating group) is 1. The van der Waals surface area contributed by atoms with Crippen molar-refractivity contribution < 1.29 is 9.59 Å². The Balaban J connectivity index is 1.37. The molecular formula is C28H32N8O2. The monoisotopic (exact) mass is 512 g/mol. The molecule has 1 saturated heterocycles. The van der Waals surface area contributed by atoms with E-state index in [1.165, 1.54) is 11.9 Å². The van der Waals surface area contributed by atoms with Crippen LogP contribution in [0.4, 0.5) is 29.0 Å². The van der Waals surface area contributed by atoms with Crippen molar-refractivity contribution in [2.24, 2.45) is 0 Å². The van der Waals surface area contributed by atoms with Crippen LogP contribution in [0.2, 0.25) is 0 Å². The topological polar surface area (TPSA) is 107 Å². The zero-order valence-corrected chi connectivity index (χ0v) is 21.8. The molecule has 2 aliphatic heterocycles. The van der Waals surface area contributed by atoms with Gasteiger partial charge in [-0.05, 0) is 43.8 Å². The predicted octanol–water partition coefficient (Wildman–Crippen LogP) is 3.85. The Hall–Kier alpha value is -4.31. The van der Waals surface area contributed by atoms with E-state index in [1.807, 2.05) is 18.2 Å². The molecule has 0 bridgehead atoms. The normalized spacial score (nSPS) is 15.4. The van der Waals surface area contributed by atoms with Gasteiger partial charge in [-0.15, -0.1) is 6.58 Å². The average Bonchev–Trinajstić information content (AvgIpc) is 3.21. The third-order valence-corrected chi connectivity index (χ3v) is 6.84. The highest BCUT2D eigenvalue weighted by Gasteiger charge is 2.26. The summed E-state index contributed by atoms with van der Waals surface area (Å²) in [6, 6.07) is 11.8. The summed E-state index contributed by atoms with van der Waals surface area (Å²) in [6.45, 7) is 8.33. The summed E-state index contributed by atoms with van der Waals surface area (Å²) in [5.41, 5.74) is 3.65. The standard InChI is InChI=1S/C28H32N8O2/c1-4-5-6-23(37)22-17-29-28(30-20-8-10-21(11-9-20)36-15-13-34(2)14-16-36)33-26(22)32-24-12-7-19-18-35(3)27(38)25(19)31-24/h4,7-12,17H,1,5-6,13-16,18H2,2-3H3,(H2,29,30,31,32,33). The van der Waals surface area contributed by atoms with E-state index in [9.17, 15) is 9.59 Å². The van der Waals surface area contributed by atoms with Gasteiger partial charge in [0.25, 0.3) is 5.91 Å². The first-order valence-corrected chi connectivity index (χ1v) is 12.8. The molecule has 4 heterocycles. The first kappa shape index (κ1) is 25.3. The lowest BCUT2D eigenvalue weighted by atomic mass is 10.1. The molecule has 10 nitrogen and oxygen atoms in total. The van der Waals surface area contributed by atoms with Gasteiger partial charge in [-0.2, -0.15) is 4.98 Å². The molecule has 38 heavy (non-hydrogen) atoms. The highest BCUT2D eigenvalue weighted by Crippen LogP contribution is 2.26. The number of piperazine rings is 1. The summed E-state index contributed by atoms with van der Waals surface area (Å²) in [5.74, 6) is 0.878. The molecule has 0 aliphatic carbocycles. The summed E-state index contributed by atoms with van der Waals surface area (Å²) >= 11 is 0. The third-order valence-electron chi connectivity index (χ3n) is 6.84. The maximum Gasteiger partial charge on any atom is 0.272 e. The minimum atomic E-state index is -0.129. The molecule has 1 fully saturated rings. The number of carbonyl (C=O) groups excluding carboxylic acids is 2. The van der Waals surface area contributed by atoms with Crippen LogP contribution in [0.15, 0.2) is 55.3 Å². The van der Waals surface area contributed by atoms with Gasteiger partial charge >= 0.3 is 0 Å². The smallest absolute Gasteiger partial charge is 0.272 e. The number of anilines is 5. The van der Waals surface area contributed by atoms with E-state index in [0.29, 0.717) is 48.2 Å². The Kier molecular flexibility index (Phi) is 7.32. The number of hydrogen-bond acceptors (Lipinski definition) is 9. The highest BCUT2D eigenvalue weighted by atomic mass is 16.2. The Bertz CT molecular complexity index is 1350. The van der Waals surface area contributed by atoms with Crippen molar-refractivity contribution in [3.05, 3.63) is 72.1 Å². The largest absolute Gasteiger partial charge is 0.369 e. The SMILES string of the molecule is C=CCCC(=O)c1cnc(Nc2ccc(N3CCN(C)CC3)cc2)nc1Nc1ccc2c(n1)C(=O)N(C)C2. The van der Waals surface area contributed by atoms with Gasteiger partial charge in [-0.3, -0.25) is 9.59 Å². The van der Waals surface area contributed by atoms with Crippen LogP contribution >= 0.6 is 0 Å². The van der Waals surface area contributed by atoms with Crippen LogP contribution in [0.5, 0.6) is 0 Å². The van der Waals surface area contributed by atoms with Crippen molar-refractivity contribution in [1.82, 2.24) is 24.8 Å². The maximum absolute atomic E-state index is 12.9. The predicted molar refractivity (Wildman–Crippen MR) is 149 cm³/mol. The number of Topliss-reactive ketones (excluding diaryl/α,β-unsaturated/α-hetero) is 1. The van der Waals surface area contributed by atoms with E-state index in [0.717, 1.165) is 37.4 Å². The average molecular weight is 513 g/mol. The lowest BCUT2D eigenvalue weighted by Gasteiger charge is -2.34. The van der Waals surface area contributed by atoms with Crippen molar-refractivity contribution in [1.29, 1.82) is 0 Å². The first-order chi connectivity index (χ1) is 18.4. The molecule has 0 radical (unpaired) electrons. The Morgan fingerprint density at radius 3 is 2.53 bits per heavy atom. The molecule has 0 unspecified atom stereocenters. The molecular weight excluding hydrogens is 480 g/mol. The maximum atomic E-state index is 12.9. The fraction of sp³-hybridized carbons (Fsp3) is 0.321. The van der Waals surface area contributed by atoms with E-state index in [2.05, 4.69) is 61.1 Å². The lowest BCUT2D eigenvalue weighted by molar-refractivity contribution is 0.0812. The summed E-state index contributed by atoms with van der Waals surface area (Å²) < 4.78 is 0. The van der Waals surface area contributed by atoms with Crippen molar-refractivity contribution in [2.45, 2.75) is 19.4 Å². The van der Waals surface area contributed by atoms with E-state index >= 15 is 0 Å². The van der Waals surface area contributed by atoms with Crippen molar-refractivity contribution in [3.63, 3.8) is 0 Å². The molecule has 5 rings (SSSR count). The number of benzene rings is 1. The molecule has 3 aromatic rings. The van der Waals surface area contributed by atoms with Crippen molar-refractivity contribution in [3.8, 4) is 0 Å². The molecule has 0 saturated carbocycles. The highest BCUT2D eigenvalue weighted by molar-refractivity contribution is 6.01. The molecule has 1 aromatic carbocycles. The van der Waals surface area contributed by atoms with Crippen LogP contribution in [0, 0.1) is 0 Å². The van der Waals surface area contributed by atoms with Gasteiger partial charge in [-0.25, -0.2) is 9.97 Å². The summed E-state index contributed by atoms with van der Waals surface area (Å²) in [7, 11) is 3.89. The number of amides is 1. The molecule has 196 valence electrons. The molecule has 2 N–H and O–H groups in total. The Morgan fingerprint density at radius 2 is 1.79 bits per heavy atom. The Labute approximate surface area is 222 Å². The second-order valence-corrected chi connectivity index (χ2v) is 9.66. The van der Waals surface area contributed by atoms with Crippen LogP contribution in [0.25, 0.3) is 0 Å². The van der Waals surface area contributed by atoms with E-state index in [4.69, 9.17) is 0 Å². The number of nitrogens with zero attached hydrogens (tertiary/aromatic N) is 6. The van der Waals surface area contributed by atoms with Crippen LogP contribution in [0.1, 0.15) is 39.3 Å². The molecule has 10 heteroatoms. The van der Waals surface area contributed by atoms with Crippen LogP contribution in [-0.4, -0.2) is 76.7 Å². The number of carbonyl (C=O) groups is 2. The molecule has 0 spiro atoms. The second kappa shape index (κ2) is 11.0. The van der Waals surface area contributed by atoms with Gasteiger partial charge in [-0.1, -0.05) is 12.1 Å². The molecule has 2 aromatic heterocycles. The number of rotatable bonds is 9. The minimum absolute atomic E-state index is 0.104. The second-order valence-electron chi connectivity index (χ2n) is 9.66. The number of aromatic nitrogens is 3. The summed E-state index contributed by atoms with van der Waals surface area (Å²) in [5, 5.41) is 6.38. The van der Waals surface area contributed by atoms with Gasteiger partial charge in [0.1, 0.15) is 17.3 Å². The van der Waals surface area contributed by atoms with Gasteiger partial charge in [0.05, 0.1) is 5.56 Å². The van der Waals surface area contributed by atoms with Crippen LogP contribution in [-0.2, 0) is 6.54 Å². The zero-order chi connectivity index (χ0) is 26.6. The summed E-state index contributed by atoms with van der Waals surface area (Å²) in [4.78, 5) is 45.1. The third kappa shape index (κ3) is 5.50. The van der Waals surface area contributed by atoms with Gasteiger partial charge < -0.3 is 25.3 Å². The summed E-state index contributed by atoms with van der Waals surface area (Å²) in [6.07, 6.45) is 4.07. The minimum Gasteiger partial charge on any atom is -0.369 e. The van der Waals surface area contributed by atoms with Crippen molar-refractivity contribution >= 4 is 40.6 Å². The number of hydrogen-bond donors (Lipinski definition) is 2. The van der Waals surface area contributed by atoms with Crippen LogP contribution < -0.4 is 15.5 Å². The number of allylic oxidation sites excluding steroid dienone is 1. The van der Waals surface area contributed by atoms with E-state index in [1.54, 1.807) is 24.1 Å². The fourth-order valence-electron chi connectivity index (χ4n) is 4.56. The molecule has 1 amide bonds. The number of pyridine rings is 1. The fourth-order valence-corrected chi connectivity index (χ4v) is 4.56. The van der Waals surface area contributed by atoms with Crippen LogP contribution in [0.3, 0.4) is 0 Å². The lowest BCUT2D eigenvalue weighted by Crippen LogP contribution is -2.44. The first-order valence-electron chi connectivity index (χ1n) is 12.8. The van der Waals surface area contributed by atoms with E-state index in [-0.39, 0.29) is 11.7 Å². The van der Waals surface area contributed by atoms with Gasteiger partial charge in [0.2, 0.25) is 5.95 Å². The van der Waals surface area contributed by atoms with Gasteiger partial charge in [0, 0.05) is 69.3 Å². The number of nitrogens with one attached hydrogen (secondary N) is 2. The number of fused-ring (bicyclic) bond motifs is 1. The molecule has 2 aliphatic rings. The van der Waals surface area contributed by atoms with Gasteiger partial charge in [0.15, 0.2) is 5.78 Å². The molecule has 0 atom stereocenters. The quantitative estimate of drug-likeness (QED) is 0.327.